The molecule has 0 aliphatic carbocycles. The molecule has 0 amide bonds. The van der Waals surface area contributed by atoms with E-state index in [-0.39, 0.29) is 6.61 Å². The van der Waals surface area contributed by atoms with Crippen LogP contribution in [-0.2, 0) is 33.3 Å². The van der Waals surface area contributed by atoms with Crippen LogP contribution in [0, 0.1) is 4.91 Å². The molecule has 0 unspecified atom stereocenters. The second-order valence-electron chi connectivity index (χ2n) is 4.57. The van der Waals surface area contributed by atoms with Crippen molar-refractivity contribution in [3.63, 3.8) is 0 Å². The number of nitroso groups, excluding NO2 is 1. The Morgan fingerprint density at radius 2 is 1.59 bits per heavy atom. The summed E-state index contributed by atoms with van der Waals surface area (Å²) < 4.78 is 20.1. The van der Waals surface area contributed by atoms with Gasteiger partial charge in [-0.15, -0.1) is 0 Å². The highest BCUT2D eigenvalue weighted by atomic mass is 35.5. The molecule has 1 saturated heterocycles. The van der Waals surface area contributed by atoms with Crippen LogP contribution in [0.15, 0.2) is 5.18 Å². The summed E-state index contributed by atoms with van der Waals surface area (Å²) in [7, 11) is 0. The minimum absolute atomic E-state index is 0.292. The largest absolute Gasteiger partial charge is 0.463 e. The van der Waals surface area contributed by atoms with Crippen LogP contribution >= 0.6 is 11.6 Å². The van der Waals surface area contributed by atoms with E-state index in [1.54, 1.807) is 0 Å². The molecule has 1 aliphatic heterocycles. The lowest BCUT2D eigenvalue weighted by Crippen LogP contribution is -2.59. The van der Waals surface area contributed by atoms with E-state index in [9.17, 15) is 19.3 Å². The van der Waals surface area contributed by atoms with Crippen molar-refractivity contribution in [1.82, 2.24) is 0 Å². The zero-order chi connectivity index (χ0) is 16.9. The van der Waals surface area contributed by atoms with Crippen LogP contribution < -0.4 is 0 Å². The lowest BCUT2D eigenvalue weighted by molar-refractivity contribution is -0.209. The topological polar surface area (TPSA) is 118 Å². The summed E-state index contributed by atoms with van der Waals surface area (Å²) in [4.78, 5) is 44.3. The first kappa shape index (κ1) is 18.3. The number of carbonyl (C=O) groups excluding carboxylic acids is 3. The van der Waals surface area contributed by atoms with Crippen LogP contribution in [0.25, 0.3) is 0 Å². The van der Waals surface area contributed by atoms with Crippen LogP contribution in [0.2, 0.25) is 0 Å². The van der Waals surface area contributed by atoms with Gasteiger partial charge in [0.1, 0.15) is 12.7 Å². The Labute approximate surface area is 131 Å². The molecule has 0 aromatic carbocycles. The normalized spacial score (nSPS) is 31.0. The molecule has 0 aromatic heterocycles. The van der Waals surface area contributed by atoms with Gasteiger partial charge in [-0.2, -0.15) is 4.91 Å². The smallest absolute Gasteiger partial charge is 0.303 e. The van der Waals surface area contributed by atoms with Crippen molar-refractivity contribution in [2.24, 2.45) is 5.18 Å². The maximum absolute atomic E-state index is 11.2. The summed E-state index contributed by atoms with van der Waals surface area (Å²) in [5.41, 5.74) is -1.23. The van der Waals surface area contributed by atoms with Gasteiger partial charge in [0.05, 0.1) is 0 Å². The first-order chi connectivity index (χ1) is 10.3. The molecular weight excluding hydrogens is 322 g/mol. The van der Waals surface area contributed by atoms with Gasteiger partial charge in [-0.05, 0) is 0 Å². The van der Waals surface area contributed by atoms with E-state index < -0.39 is 47.8 Å². The number of halogens is 1. The minimum Gasteiger partial charge on any atom is -0.463 e. The Bertz CT molecular complexity index is 456. The molecule has 1 heterocycles. The highest BCUT2D eigenvalue weighted by Crippen LogP contribution is 2.30. The lowest BCUT2D eigenvalue weighted by Gasteiger charge is -2.40. The Hall–Kier alpha value is -1.74. The summed E-state index contributed by atoms with van der Waals surface area (Å²) in [5, 5.41) is 2.77. The molecule has 0 aromatic rings. The summed E-state index contributed by atoms with van der Waals surface area (Å²) in [5.74, 6) is -2.00. The van der Waals surface area contributed by atoms with Gasteiger partial charge in [0.2, 0.25) is 0 Å². The predicted molar refractivity (Wildman–Crippen MR) is 71.8 cm³/mol. The number of rotatable bonds is 5. The summed E-state index contributed by atoms with van der Waals surface area (Å²) in [6, 6.07) is -1.27. The standard InChI is InChI=1S/C12H16ClNO8/c1-5(15)19-4-8-10(20-6(2)16)11(21-7(3)17)9(14-18)12(13)22-8/h8-12H,4H2,1-3H3/t8-,9+,10+,11-,12-/m0/s1. The van der Waals surface area contributed by atoms with Crippen LogP contribution in [0.5, 0.6) is 0 Å². The van der Waals surface area contributed by atoms with Crippen molar-refractivity contribution in [2.75, 3.05) is 6.61 Å². The predicted octanol–water partition coefficient (Wildman–Crippen LogP) is 0.512. The van der Waals surface area contributed by atoms with Gasteiger partial charge in [-0.3, -0.25) is 14.4 Å². The van der Waals surface area contributed by atoms with Gasteiger partial charge in [0.15, 0.2) is 23.8 Å². The molecule has 0 spiro atoms. The highest BCUT2D eigenvalue weighted by Gasteiger charge is 2.50. The third-order valence-electron chi connectivity index (χ3n) is 2.78. The number of hydrogen-bond acceptors (Lipinski definition) is 9. The molecule has 5 atom stereocenters. The van der Waals surface area contributed by atoms with Crippen molar-refractivity contribution >= 4 is 29.5 Å². The van der Waals surface area contributed by atoms with E-state index >= 15 is 0 Å². The fourth-order valence-corrected chi connectivity index (χ4v) is 2.31. The van der Waals surface area contributed by atoms with Crippen LogP contribution in [0.1, 0.15) is 20.8 Å². The molecule has 9 nitrogen and oxygen atoms in total. The van der Waals surface area contributed by atoms with E-state index in [0.29, 0.717) is 0 Å². The molecule has 1 aliphatic rings. The van der Waals surface area contributed by atoms with Crippen molar-refractivity contribution in [2.45, 2.75) is 50.7 Å². The van der Waals surface area contributed by atoms with Gasteiger partial charge in [0.25, 0.3) is 0 Å². The fraction of sp³-hybridized carbons (Fsp3) is 0.750. The van der Waals surface area contributed by atoms with Crippen molar-refractivity contribution in [3.05, 3.63) is 4.91 Å². The van der Waals surface area contributed by atoms with Crippen LogP contribution in [0.4, 0.5) is 0 Å². The maximum atomic E-state index is 11.2. The van der Waals surface area contributed by atoms with Gasteiger partial charge >= 0.3 is 17.9 Å². The first-order valence-electron chi connectivity index (χ1n) is 6.36. The zero-order valence-electron chi connectivity index (χ0n) is 12.2. The molecule has 0 radical (unpaired) electrons. The fourth-order valence-electron chi connectivity index (χ4n) is 1.98. The average Bonchev–Trinajstić information content (AvgIpc) is 2.39. The average molecular weight is 338 g/mol. The van der Waals surface area contributed by atoms with Gasteiger partial charge < -0.3 is 18.9 Å². The number of nitrogens with zero attached hydrogens (tertiary/aromatic N) is 1. The monoisotopic (exact) mass is 337 g/mol. The minimum atomic E-state index is -1.27. The number of hydrogen-bond donors (Lipinski definition) is 0. The van der Waals surface area contributed by atoms with E-state index in [4.69, 9.17) is 30.5 Å². The third-order valence-corrected chi connectivity index (χ3v) is 3.14. The van der Waals surface area contributed by atoms with Crippen molar-refractivity contribution in [1.29, 1.82) is 0 Å². The molecule has 0 bridgehead atoms. The van der Waals surface area contributed by atoms with Gasteiger partial charge in [0, 0.05) is 20.8 Å². The Balaban J connectivity index is 3.04. The SMILES string of the molecule is CC(=O)OC[C@@H]1O[C@H](Cl)[C@H](N=O)[C@H](OC(C)=O)[C@@H]1OC(C)=O. The van der Waals surface area contributed by atoms with Crippen molar-refractivity contribution in [3.8, 4) is 0 Å². The lowest BCUT2D eigenvalue weighted by atomic mass is 9.98. The summed E-state index contributed by atoms with van der Waals surface area (Å²) in [6.07, 6.45) is -3.42. The number of esters is 3. The van der Waals surface area contributed by atoms with E-state index in [1.807, 2.05) is 0 Å². The number of ether oxygens (including phenoxy) is 4. The maximum Gasteiger partial charge on any atom is 0.303 e. The van der Waals surface area contributed by atoms with Gasteiger partial charge in [-0.25, -0.2) is 0 Å². The summed E-state index contributed by atoms with van der Waals surface area (Å²) >= 11 is 5.88. The summed E-state index contributed by atoms with van der Waals surface area (Å²) in [6.45, 7) is 3.14. The van der Waals surface area contributed by atoms with Crippen molar-refractivity contribution < 1.29 is 33.3 Å². The molecule has 10 heteroatoms. The molecule has 0 saturated carbocycles. The van der Waals surface area contributed by atoms with Crippen LogP contribution in [-0.4, -0.2) is 54.4 Å². The van der Waals surface area contributed by atoms with Gasteiger partial charge in [-0.1, -0.05) is 16.8 Å². The molecule has 124 valence electrons. The first-order valence-corrected chi connectivity index (χ1v) is 6.79. The molecular formula is C12H16ClNO8. The van der Waals surface area contributed by atoms with E-state index in [0.717, 1.165) is 13.8 Å². The van der Waals surface area contributed by atoms with E-state index in [2.05, 4.69) is 5.18 Å². The second kappa shape index (κ2) is 8.04. The Morgan fingerprint density at radius 3 is 2.05 bits per heavy atom. The number of carbonyl (C=O) groups is 3. The van der Waals surface area contributed by atoms with E-state index in [1.165, 1.54) is 6.92 Å². The molecule has 1 fully saturated rings. The second-order valence-corrected chi connectivity index (χ2v) is 5.00. The third kappa shape index (κ3) is 4.92. The number of alkyl halides is 1. The zero-order valence-corrected chi connectivity index (χ0v) is 12.9. The Kier molecular flexibility index (Phi) is 6.69. The quantitative estimate of drug-likeness (QED) is 0.308. The van der Waals surface area contributed by atoms with Crippen LogP contribution in [0.3, 0.4) is 0 Å². The molecule has 1 rings (SSSR count). The highest BCUT2D eigenvalue weighted by molar-refractivity contribution is 6.20. The Morgan fingerprint density at radius 1 is 1.05 bits per heavy atom. The molecule has 0 N–H and O–H groups in total. The molecule has 22 heavy (non-hydrogen) atoms.